The third-order valence-corrected chi connectivity index (χ3v) is 2.66. The maximum atomic E-state index is 4.38. The molecule has 2 rings (SSSR count). The summed E-state index contributed by atoms with van der Waals surface area (Å²) in [4.78, 5) is 0. The summed E-state index contributed by atoms with van der Waals surface area (Å²) < 4.78 is 1.95. The molecule has 1 aromatic carbocycles. The van der Waals surface area contributed by atoms with Gasteiger partial charge in [0.1, 0.15) is 0 Å². The Morgan fingerprint density at radius 2 is 2.12 bits per heavy atom. The zero-order chi connectivity index (χ0) is 10.8. The molecular weight excluding hydrogens is 379 g/mol. The second-order valence-electron chi connectivity index (χ2n) is 3.77. The molecule has 0 unspecified atom stereocenters. The van der Waals surface area contributed by atoms with Crippen LogP contribution in [0.2, 0.25) is 0 Å². The summed E-state index contributed by atoms with van der Waals surface area (Å²) in [5, 5.41) is 4.38. The second kappa shape index (κ2) is 5.45. The van der Waals surface area contributed by atoms with Gasteiger partial charge in [-0.3, -0.25) is 4.68 Å². The molecule has 0 saturated carbocycles. The van der Waals surface area contributed by atoms with Gasteiger partial charge < -0.3 is 0 Å². The molecule has 1 aromatic heterocycles. The van der Waals surface area contributed by atoms with E-state index in [1.807, 2.05) is 23.0 Å². The number of rotatable bonds is 2. The molecule has 0 aliphatic heterocycles. The molecule has 0 spiro atoms. The van der Waals surface area contributed by atoms with Gasteiger partial charge in [0.2, 0.25) is 0 Å². The SMILES string of the molecule is CCc1cnn(-c2[c-]ccc(C)c2)c1C.[Pt]. The van der Waals surface area contributed by atoms with Crippen LogP contribution in [0.3, 0.4) is 0 Å². The Morgan fingerprint density at radius 1 is 1.38 bits per heavy atom. The Hall–Kier alpha value is -0.882. The van der Waals surface area contributed by atoms with E-state index in [4.69, 9.17) is 0 Å². The molecule has 16 heavy (non-hydrogen) atoms. The Balaban J connectivity index is 0.00000128. The van der Waals surface area contributed by atoms with Gasteiger partial charge in [0.25, 0.3) is 0 Å². The van der Waals surface area contributed by atoms with E-state index < -0.39 is 0 Å². The summed E-state index contributed by atoms with van der Waals surface area (Å²) in [5.74, 6) is 0. The van der Waals surface area contributed by atoms with E-state index in [-0.39, 0.29) is 21.1 Å². The fraction of sp³-hybridized carbons (Fsp3) is 0.308. The summed E-state index contributed by atoms with van der Waals surface area (Å²) >= 11 is 0. The molecule has 2 aromatic rings. The maximum absolute atomic E-state index is 4.38. The number of hydrogen-bond acceptors (Lipinski definition) is 1. The third kappa shape index (κ3) is 2.44. The zero-order valence-corrected chi connectivity index (χ0v) is 12.0. The van der Waals surface area contributed by atoms with Crippen molar-refractivity contribution >= 4 is 0 Å². The summed E-state index contributed by atoms with van der Waals surface area (Å²) in [6.07, 6.45) is 2.96. The number of hydrogen-bond donors (Lipinski definition) is 0. The summed E-state index contributed by atoms with van der Waals surface area (Å²) in [6.45, 7) is 6.33. The standard InChI is InChI=1S/C13H15N2.Pt/c1-4-12-9-14-15(11(12)3)13-7-5-6-10(2)8-13;/h5-6,8-9H,4H2,1-3H3;/q-1;. The van der Waals surface area contributed by atoms with E-state index in [1.54, 1.807) is 0 Å². The first-order valence-electron chi connectivity index (χ1n) is 5.24. The van der Waals surface area contributed by atoms with Crippen LogP contribution in [-0.2, 0) is 27.5 Å². The van der Waals surface area contributed by atoms with Crippen molar-refractivity contribution in [1.82, 2.24) is 9.78 Å². The molecule has 0 bridgehead atoms. The van der Waals surface area contributed by atoms with Crippen molar-refractivity contribution in [3.05, 3.63) is 47.3 Å². The first-order valence-corrected chi connectivity index (χ1v) is 5.24. The molecule has 2 nitrogen and oxygen atoms in total. The third-order valence-electron chi connectivity index (χ3n) is 2.66. The molecule has 0 aliphatic carbocycles. The van der Waals surface area contributed by atoms with Crippen LogP contribution in [0.15, 0.2) is 24.4 Å². The van der Waals surface area contributed by atoms with Gasteiger partial charge in [-0.25, -0.2) is 0 Å². The number of aromatic nitrogens is 2. The van der Waals surface area contributed by atoms with Crippen molar-refractivity contribution in [1.29, 1.82) is 0 Å². The van der Waals surface area contributed by atoms with E-state index in [2.05, 4.69) is 38.0 Å². The van der Waals surface area contributed by atoms with Crippen LogP contribution in [0.1, 0.15) is 23.7 Å². The predicted octanol–water partition coefficient (Wildman–Crippen LogP) is 2.85. The largest absolute Gasteiger partial charge is 0.263 e. The van der Waals surface area contributed by atoms with Crippen LogP contribution in [0.25, 0.3) is 5.69 Å². The summed E-state index contributed by atoms with van der Waals surface area (Å²) in [5.41, 5.74) is 4.76. The predicted molar refractivity (Wildman–Crippen MR) is 61.3 cm³/mol. The zero-order valence-electron chi connectivity index (χ0n) is 9.73. The molecule has 0 atom stereocenters. The summed E-state index contributed by atoms with van der Waals surface area (Å²) in [7, 11) is 0. The second-order valence-corrected chi connectivity index (χ2v) is 3.77. The van der Waals surface area contributed by atoms with Crippen molar-refractivity contribution in [3.8, 4) is 5.69 Å². The normalized spacial score (nSPS) is 9.94. The first-order chi connectivity index (χ1) is 7.22. The molecule has 0 amide bonds. The van der Waals surface area contributed by atoms with Crippen molar-refractivity contribution in [3.63, 3.8) is 0 Å². The van der Waals surface area contributed by atoms with Gasteiger partial charge in [0, 0.05) is 26.8 Å². The van der Waals surface area contributed by atoms with E-state index in [1.165, 1.54) is 16.8 Å². The fourth-order valence-electron chi connectivity index (χ4n) is 1.72. The minimum Gasteiger partial charge on any atom is -0.263 e. The van der Waals surface area contributed by atoms with Gasteiger partial charge in [-0.05, 0) is 24.6 Å². The minimum absolute atomic E-state index is 0. The van der Waals surface area contributed by atoms with Gasteiger partial charge in [0.05, 0.1) is 6.20 Å². The smallest absolute Gasteiger partial charge is 0.0528 e. The van der Waals surface area contributed by atoms with Gasteiger partial charge in [-0.2, -0.15) is 28.9 Å². The van der Waals surface area contributed by atoms with Crippen LogP contribution < -0.4 is 0 Å². The summed E-state index contributed by atoms with van der Waals surface area (Å²) in [6, 6.07) is 9.29. The van der Waals surface area contributed by atoms with E-state index in [0.717, 1.165) is 12.1 Å². The van der Waals surface area contributed by atoms with Gasteiger partial charge in [0.15, 0.2) is 0 Å². The van der Waals surface area contributed by atoms with Crippen LogP contribution >= 0.6 is 0 Å². The Bertz CT molecular complexity index is 475. The van der Waals surface area contributed by atoms with Crippen LogP contribution in [-0.4, -0.2) is 9.78 Å². The maximum Gasteiger partial charge on any atom is 0.0528 e. The van der Waals surface area contributed by atoms with Crippen molar-refractivity contribution in [2.45, 2.75) is 27.2 Å². The Labute approximate surface area is 111 Å². The molecule has 0 radical (unpaired) electrons. The van der Waals surface area contributed by atoms with Crippen molar-refractivity contribution in [2.24, 2.45) is 0 Å². The number of benzene rings is 1. The van der Waals surface area contributed by atoms with Gasteiger partial charge in [-0.15, -0.1) is 6.07 Å². The molecule has 0 aliphatic rings. The van der Waals surface area contributed by atoms with Gasteiger partial charge >= 0.3 is 0 Å². The van der Waals surface area contributed by atoms with Gasteiger partial charge in [-0.1, -0.05) is 13.8 Å². The topological polar surface area (TPSA) is 17.8 Å². The molecular formula is C13H15N2Pt-. The van der Waals surface area contributed by atoms with Crippen LogP contribution in [0, 0.1) is 19.9 Å². The average molecular weight is 394 g/mol. The average Bonchev–Trinajstić information content (AvgIpc) is 2.59. The van der Waals surface area contributed by atoms with Crippen molar-refractivity contribution < 1.29 is 21.1 Å². The molecule has 88 valence electrons. The quantitative estimate of drug-likeness (QED) is 0.717. The van der Waals surface area contributed by atoms with E-state index >= 15 is 0 Å². The number of aryl methyl sites for hydroxylation is 2. The van der Waals surface area contributed by atoms with Crippen LogP contribution in [0.5, 0.6) is 0 Å². The molecule has 3 heteroatoms. The Kier molecular flexibility index (Phi) is 4.49. The minimum atomic E-state index is 0. The first kappa shape index (κ1) is 13.2. The molecule has 0 N–H and O–H groups in total. The number of nitrogens with zero attached hydrogens (tertiary/aromatic N) is 2. The fourth-order valence-corrected chi connectivity index (χ4v) is 1.72. The van der Waals surface area contributed by atoms with E-state index in [9.17, 15) is 0 Å². The van der Waals surface area contributed by atoms with E-state index in [0.29, 0.717) is 0 Å². The monoisotopic (exact) mass is 394 g/mol. The molecule has 0 saturated heterocycles. The Morgan fingerprint density at radius 3 is 2.69 bits per heavy atom. The van der Waals surface area contributed by atoms with Crippen LogP contribution in [0.4, 0.5) is 0 Å². The molecule has 0 fully saturated rings. The van der Waals surface area contributed by atoms with Crippen molar-refractivity contribution in [2.75, 3.05) is 0 Å². The molecule has 1 heterocycles.